The highest BCUT2D eigenvalue weighted by molar-refractivity contribution is 7.92. The van der Waals surface area contributed by atoms with Gasteiger partial charge in [-0.05, 0) is 26.0 Å². The quantitative estimate of drug-likeness (QED) is 0.815. The number of carbonyl (C=O) groups is 1. The molecule has 0 aliphatic heterocycles. The highest BCUT2D eigenvalue weighted by Crippen LogP contribution is 2.33. The molecule has 0 unspecified atom stereocenters. The summed E-state index contributed by atoms with van der Waals surface area (Å²) in [5, 5.41) is 13.1. The van der Waals surface area contributed by atoms with Crippen LogP contribution < -0.4 is 9.46 Å². The number of ether oxygens (including phenoxy) is 1. The predicted molar refractivity (Wildman–Crippen MR) is 83.3 cm³/mol. The molecule has 0 amide bonds. The maximum atomic E-state index is 13.9. The van der Waals surface area contributed by atoms with E-state index >= 15 is 0 Å². The lowest BCUT2D eigenvalue weighted by atomic mass is 10.1. The number of rotatable bonds is 6. The van der Waals surface area contributed by atoms with E-state index in [2.05, 4.69) is 9.82 Å². The number of benzene rings is 1. The molecular formula is C14H16FN3O5S. The number of nitrogens with zero attached hydrogens (tertiary/aromatic N) is 2. The Kier molecular flexibility index (Phi) is 4.78. The third kappa shape index (κ3) is 3.18. The fraction of sp³-hybridized carbons (Fsp3) is 0.286. The molecule has 10 heteroatoms. The number of aryl methyl sites for hydroxylation is 1. The zero-order valence-electron chi connectivity index (χ0n) is 13.2. The van der Waals surface area contributed by atoms with Gasteiger partial charge in [-0.2, -0.15) is 5.10 Å². The molecule has 0 aliphatic rings. The van der Waals surface area contributed by atoms with E-state index in [1.807, 2.05) is 0 Å². The van der Waals surface area contributed by atoms with Crippen LogP contribution in [-0.2, 0) is 17.1 Å². The number of carboxylic acid groups (broad SMARTS) is 1. The first kappa shape index (κ1) is 17.7. The van der Waals surface area contributed by atoms with E-state index in [0.29, 0.717) is 5.69 Å². The van der Waals surface area contributed by atoms with Crippen LogP contribution in [0.5, 0.6) is 5.75 Å². The molecule has 0 saturated heterocycles. The zero-order chi connectivity index (χ0) is 18.1. The number of sulfonamides is 1. The number of hydrogen-bond acceptors (Lipinski definition) is 5. The summed E-state index contributed by atoms with van der Waals surface area (Å²) in [6, 6.07) is 2.07. The molecular weight excluding hydrogens is 341 g/mol. The van der Waals surface area contributed by atoms with E-state index in [-0.39, 0.29) is 17.3 Å². The van der Waals surface area contributed by atoms with Gasteiger partial charge < -0.3 is 9.84 Å². The van der Waals surface area contributed by atoms with Gasteiger partial charge in [-0.3, -0.25) is 9.40 Å². The average molecular weight is 357 g/mol. The number of halogens is 1. The second-order valence-corrected chi connectivity index (χ2v) is 6.51. The van der Waals surface area contributed by atoms with Crippen LogP contribution in [0.15, 0.2) is 23.2 Å². The molecule has 0 atom stereocenters. The number of anilines is 1. The molecule has 0 aliphatic carbocycles. The van der Waals surface area contributed by atoms with Gasteiger partial charge >= 0.3 is 5.97 Å². The van der Waals surface area contributed by atoms with Crippen molar-refractivity contribution in [3.05, 3.63) is 35.4 Å². The van der Waals surface area contributed by atoms with Crippen molar-refractivity contribution in [3.63, 3.8) is 0 Å². The van der Waals surface area contributed by atoms with Crippen LogP contribution in [0.4, 0.5) is 10.1 Å². The highest BCUT2D eigenvalue weighted by Gasteiger charge is 2.27. The Hall–Kier alpha value is -2.62. The Morgan fingerprint density at radius 1 is 1.46 bits per heavy atom. The van der Waals surface area contributed by atoms with Crippen molar-refractivity contribution in [2.45, 2.75) is 18.7 Å². The molecule has 130 valence electrons. The molecule has 2 N–H and O–H groups in total. The Morgan fingerprint density at radius 2 is 2.12 bits per heavy atom. The van der Waals surface area contributed by atoms with Crippen LogP contribution in [-0.4, -0.2) is 35.9 Å². The average Bonchev–Trinajstić information content (AvgIpc) is 2.82. The number of carboxylic acids is 1. The van der Waals surface area contributed by atoms with Crippen molar-refractivity contribution in [2.75, 3.05) is 11.3 Å². The van der Waals surface area contributed by atoms with Crippen LogP contribution in [0.25, 0.3) is 0 Å². The van der Waals surface area contributed by atoms with Crippen molar-refractivity contribution in [1.82, 2.24) is 9.78 Å². The molecule has 1 heterocycles. The van der Waals surface area contributed by atoms with Crippen LogP contribution in [0.3, 0.4) is 0 Å². The van der Waals surface area contributed by atoms with E-state index in [1.165, 1.54) is 17.7 Å². The minimum atomic E-state index is -4.18. The van der Waals surface area contributed by atoms with Gasteiger partial charge in [0.15, 0.2) is 0 Å². The SMILES string of the molecule is CCOc1ccc(F)c(C(=O)O)c1NS(=O)(=O)c1cnn(C)c1C. The fourth-order valence-electron chi connectivity index (χ4n) is 2.08. The van der Waals surface area contributed by atoms with Crippen molar-refractivity contribution < 1.29 is 27.4 Å². The Balaban J connectivity index is 2.61. The summed E-state index contributed by atoms with van der Waals surface area (Å²) < 4.78 is 47.7. The van der Waals surface area contributed by atoms with E-state index in [9.17, 15) is 22.7 Å². The summed E-state index contributed by atoms with van der Waals surface area (Å²) in [5.74, 6) is -2.78. The Morgan fingerprint density at radius 3 is 2.62 bits per heavy atom. The van der Waals surface area contributed by atoms with Gasteiger partial charge in [-0.15, -0.1) is 0 Å². The lowest BCUT2D eigenvalue weighted by Gasteiger charge is -2.15. The second-order valence-electron chi connectivity index (χ2n) is 4.86. The lowest BCUT2D eigenvalue weighted by molar-refractivity contribution is 0.0692. The molecule has 2 rings (SSSR count). The largest absolute Gasteiger partial charge is 0.492 e. The van der Waals surface area contributed by atoms with E-state index in [4.69, 9.17) is 4.74 Å². The lowest BCUT2D eigenvalue weighted by Crippen LogP contribution is -2.18. The van der Waals surface area contributed by atoms with E-state index in [1.54, 1.807) is 14.0 Å². The Bertz CT molecular complexity index is 892. The monoisotopic (exact) mass is 357 g/mol. The van der Waals surface area contributed by atoms with Gasteiger partial charge in [0.25, 0.3) is 10.0 Å². The summed E-state index contributed by atoms with van der Waals surface area (Å²) in [6.07, 6.45) is 1.12. The van der Waals surface area contributed by atoms with Crippen molar-refractivity contribution in [2.24, 2.45) is 7.05 Å². The van der Waals surface area contributed by atoms with Gasteiger partial charge in [-0.25, -0.2) is 17.6 Å². The third-order valence-electron chi connectivity index (χ3n) is 3.35. The van der Waals surface area contributed by atoms with E-state index < -0.39 is 33.1 Å². The first-order chi connectivity index (χ1) is 11.2. The number of aromatic nitrogens is 2. The van der Waals surface area contributed by atoms with Gasteiger partial charge in [-0.1, -0.05) is 0 Å². The summed E-state index contributed by atoms with van der Waals surface area (Å²) in [5.41, 5.74) is -0.938. The normalized spacial score (nSPS) is 11.3. The van der Waals surface area contributed by atoms with Crippen LogP contribution >= 0.6 is 0 Å². The van der Waals surface area contributed by atoms with Crippen LogP contribution in [0.2, 0.25) is 0 Å². The summed E-state index contributed by atoms with van der Waals surface area (Å²) in [4.78, 5) is 11.2. The molecule has 0 bridgehead atoms. The second kappa shape index (κ2) is 6.48. The van der Waals surface area contributed by atoms with Gasteiger partial charge in [0, 0.05) is 7.05 Å². The molecule has 2 aromatic rings. The third-order valence-corrected chi connectivity index (χ3v) is 4.80. The molecule has 0 spiro atoms. The van der Waals surface area contributed by atoms with Crippen LogP contribution in [0, 0.1) is 12.7 Å². The maximum Gasteiger partial charge on any atom is 0.340 e. The minimum Gasteiger partial charge on any atom is -0.492 e. The summed E-state index contributed by atoms with van der Waals surface area (Å²) in [7, 11) is -2.62. The predicted octanol–water partition coefficient (Wildman–Crippen LogP) is 1.77. The molecule has 0 saturated carbocycles. The summed E-state index contributed by atoms with van der Waals surface area (Å²) >= 11 is 0. The molecule has 0 radical (unpaired) electrons. The topological polar surface area (TPSA) is 111 Å². The molecule has 0 fully saturated rings. The first-order valence-electron chi connectivity index (χ1n) is 6.89. The first-order valence-corrected chi connectivity index (χ1v) is 8.37. The van der Waals surface area contributed by atoms with E-state index in [0.717, 1.165) is 12.3 Å². The van der Waals surface area contributed by atoms with Crippen LogP contribution in [0.1, 0.15) is 23.0 Å². The summed E-state index contributed by atoms with van der Waals surface area (Å²) in [6.45, 7) is 3.31. The van der Waals surface area contributed by atoms with Gasteiger partial charge in [0.05, 0.1) is 18.5 Å². The molecule has 1 aromatic carbocycles. The molecule has 1 aromatic heterocycles. The zero-order valence-corrected chi connectivity index (χ0v) is 14.0. The minimum absolute atomic E-state index is 0.0820. The van der Waals surface area contributed by atoms with Gasteiger partial charge in [0.1, 0.15) is 27.7 Å². The number of nitrogens with one attached hydrogen (secondary N) is 1. The number of aromatic carboxylic acids is 1. The fourth-order valence-corrected chi connectivity index (χ4v) is 3.36. The molecule has 24 heavy (non-hydrogen) atoms. The molecule has 8 nitrogen and oxygen atoms in total. The smallest absolute Gasteiger partial charge is 0.340 e. The van der Waals surface area contributed by atoms with Crippen molar-refractivity contribution >= 4 is 21.7 Å². The highest BCUT2D eigenvalue weighted by atomic mass is 32.2. The standard InChI is InChI=1S/C14H16FN3O5S/c1-4-23-10-6-5-9(15)12(14(19)20)13(10)17-24(21,22)11-7-16-18(3)8(11)2/h5-7,17H,4H2,1-3H3,(H,19,20). The van der Waals surface area contributed by atoms with Crippen molar-refractivity contribution in [1.29, 1.82) is 0 Å². The van der Waals surface area contributed by atoms with Crippen molar-refractivity contribution in [3.8, 4) is 5.75 Å². The maximum absolute atomic E-state index is 13.9. The van der Waals surface area contributed by atoms with Gasteiger partial charge in [0.2, 0.25) is 0 Å². The number of hydrogen-bond donors (Lipinski definition) is 2. The Labute approximate surface area is 137 Å².